The number of sulfonamides is 1. The van der Waals surface area contributed by atoms with Gasteiger partial charge in [0.2, 0.25) is 0 Å². The number of amides is 1. The van der Waals surface area contributed by atoms with Crippen molar-refractivity contribution in [3.8, 4) is 16.9 Å². The summed E-state index contributed by atoms with van der Waals surface area (Å²) in [7, 11) is -5.02. The summed E-state index contributed by atoms with van der Waals surface area (Å²) in [4.78, 5) is 41.2. The number of rotatable bonds is 11. The molecule has 0 saturated heterocycles. The normalized spacial score (nSPS) is 11.6. The molecule has 19 heteroatoms. The molecule has 0 spiro atoms. The van der Waals surface area contributed by atoms with Gasteiger partial charge in [-0.2, -0.15) is 18.3 Å². The number of alkyl halides is 3. The molecule has 1 aromatic heterocycles. The number of carbonyl (C=O) groups excluding carboxylic acids is 1. The van der Waals surface area contributed by atoms with E-state index in [9.17, 15) is 51.7 Å². The van der Waals surface area contributed by atoms with Crippen molar-refractivity contribution >= 4 is 21.8 Å². The summed E-state index contributed by atoms with van der Waals surface area (Å²) < 4.78 is 68.4. The second-order valence-corrected chi connectivity index (χ2v) is 11.0. The predicted octanol–water partition coefficient (Wildman–Crippen LogP) is 3.82. The molecule has 0 radical (unpaired) electrons. The summed E-state index contributed by atoms with van der Waals surface area (Å²) in [6, 6.07) is 14.3. The van der Waals surface area contributed by atoms with Gasteiger partial charge in [0.15, 0.2) is 11.8 Å². The highest BCUT2D eigenvalue weighted by atomic mass is 32.2. The first-order valence-electron chi connectivity index (χ1n) is 12.3. The van der Waals surface area contributed by atoms with Crippen LogP contribution in [-0.4, -0.2) is 34.5 Å². The van der Waals surface area contributed by atoms with Crippen molar-refractivity contribution < 1.29 is 51.3 Å². The van der Waals surface area contributed by atoms with Crippen molar-refractivity contribution in [2.75, 3.05) is 4.31 Å². The van der Waals surface area contributed by atoms with Gasteiger partial charge in [-0.15, -0.1) is 20.2 Å². The van der Waals surface area contributed by atoms with Crippen molar-refractivity contribution in [1.82, 2.24) is 9.78 Å². The number of hydrogen-bond donors (Lipinski definition) is 0. The standard InChI is InChI=1S/C26H20F3N5O10S/c1-16-2-4-19(5-3-16)23-13-24(26(27,28)29)30-31(23)20-6-8-22(9-7-20)45(41,42)32(25(35)36)21-11-17(14-43-33(37)38)10-18(12-21)15-44-34(39)40/h2-13H,14-15H2,1H3,(H,35,36)/p-1. The molecule has 0 saturated carbocycles. The fraction of sp³-hybridized carbons (Fsp3) is 0.154. The summed E-state index contributed by atoms with van der Waals surface area (Å²) >= 11 is 0. The molecule has 0 bridgehead atoms. The molecule has 0 aliphatic carbocycles. The van der Waals surface area contributed by atoms with Crippen LogP contribution in [0.1, 0.15) is 22.4 Å². The van der Waals surface area contributed by atoms with Crippen LogP contribution in [0.25, 0.3) is 16.9 Å². The Morgan fingerprint density at radius 2 is 1.44 bits per heavy atom. The summed E-state index contributed by atoms with van der Waals surface area (Å²) in [6.45, 7) is 0.221. The maximum Gasteiger partial charge on any atom is 0.435 e. The van der Waals surface area contributed by atoms with Gasteiger partial charge < -0.3 is 19.6 Å². The molecule has 15 nitrogen and oxygen atoms in total. The van der Waals surface area contributed by atoms with Crippen LogP contribution in [0.4, 0.5) is 23.7 Å². The van der Waals surface area contributed by atoms with E-state index >= 15 is 0 Å². The molecule has 45 heavy (non-hydrogen) atoms. The molecule has 0 N–H and O–H groups in total. The number of benzene rings is 3. The lowest BCUT2D eigenvalue weighted by molar-refractivity contribution is -0.763. The zero-order valence-electron chi connectivity index (χ0n) is 22.7. The fourth-order valence-corrected chi connectivity index (χ4v) is 5.40. The van der Waals surface area contributed by atoms with Crippen LogP contribution < -0.4 is 9.41 Å². The third-order valence-electron chi connectivity index (χ3n) is 6.08. The molecule has 0 atom stereocenters. The van der Waals surface area contributed by atoms with E-state index in [1.807, 2.05) is 0 Å². The van der Waals surface area contributed by atoms with Gasteiger partial charge in [0.05, 0.1) is 22.0 Å². The van der Waals surface area contributed by atoms with Crippen LogP contribution >= 0.6 is 0 Å². The van der Waals surface area contributed by atoms with Gasteiger partial charge in [-0.3, -0.25) is 0 Å². The lowest BCUT2D eigenvalue weighted by Crippen LogP contribution is -2.45. The van der Waals surface area contributed by atoms with E-state index in [2.05, 4.69) is 14.8 Å². The zero-order valence-corrected chi connectivity index (χ0v) is 23.5. The lowest BCUT2D eigenvalue weighted by Gasteiger charge is -2.26. The van der Waals surface area contributed by atoms with Crippen LogP contribution in [0.3, 0.4) is 0 Å². The minimum Gasteiger partial charge on any atom is -0.529 e. The minimum atomic E-state index is -5.02. The van der Waals surface area contributed by atoms with Crippen LogP contribution in [0.5, 0.6) is 0 Å². The molecule has 0 fully saturated rings. The number of halogens is 3. The Balaban J connectivity index is 1.76. The van der Waals surface area contributed by atoms with E-state index in [0.29, 0.717) is 5.56 Å². The molecule has 236 valence electrons. The van der Waals surface area contributed by atoms with Crippen molar-refractivity contribution in [2.45, 2.75) is 31.2 Å². The molecule has 4 aromatic rings. The van der Waals surface area contributed by atoms with Crippen LogP contribution in [0, 0.1) is 27.2 Å². The van der Waals surface area contributed by atoms with E-state index in [0.717, 1.165) is 58.8 Å². The van der Waals surface area contributed by atoms with Crippen molar-refractivity contribution in [3.05, 3.63) is 115 Å². The van der Waals surface area contributed by atoms with E-state index in [1.54, 1.807) is 31.2 Å². The second kappa shape index (κ2) is 12.5. The Labute approximate surface area is 250 Å². The SMILES string of the molecule is Cc1ccc(-c2cc(C(F)(F)F)nn2-c2ccc(S(=O)(=O)N(C(=O)[O-])c3cc(CO[N+](=O)[O-])cc(CO[N+](=O)[O-])c3)cc2)cc1. The van der Waals surface area contributed by atoms with Gasteiger partial charge in [0.1, 0.15) is 13.2 Å². The van der Waals surface area contributed by atoms with Crippen LogP contribution in [0.2, 0.25) is 0 Å². The highest BCUT2D eigenvalue weighted by Crippen LogP contribution is 2.34. The third kappa shape index (κ3) is 7.44. The maximum absolute atomic E-state index is 13.6. The Kier molecular flexibility index (Phi) is 8.93. The first-order chi connectivity index (χ1) is 21.1. The number of nitrogens with zero attached hydrogens (tertiary/aromatic N) is 5. The van der Waals surface area contributed by atoms with E-state index in [1.165, 1.54) is 0 Å². The van der Waals surface area contributed by atoms with Gasteiger partial charge in [-0.25, -0.2) is 17.4 Å². The molecule has 0 aliphatic rings. The quantitative estimate of drug-likeness (QED) is 0.169. The monoisotopic (exact) mass is 650 g/mol. The topological polar surface area (TPSA) is 200 Å². The lowest BCUT2D eigenvalue weighted by atomic mass is 10.1. The van der Waals surface area contributed by atoms with Gasteiger partial charge in [-0.1, -0.05) is 35.9 Å². The average molecular weight is 651 g/mol. The molecular formula is C26H19F3N5O10S-. The Morgan fingerprint density at radius 3 is 1.91 bits per heavy atom. The molecule has 1 amide bonds. The average Bonchev–Trinajstić information content (AvgIpc) is 3.41. The van der Waals surface area contributed by atoms with E-state index < -0.39 is 62.0 Å². The molecular weight excluding hydrogens is 631 g/mol. The van der Waals surface area contributed by atoms with E-state index in [-0.39, 0.29) is 26.8 Å². The maximum atomic E-state index is 13.6. The second-order valence-electron chi connectivity index (χ2n) is 9.22. The molecule has 0 aliphatic heterocycles. The molecule has 4 rings (SSSR count). The van der Waals surface area contributed by atoms with E-state index in [4.69, 9.17) is 0 Å². The third-order valence-corrected chi connectivity index (χ3v) is 7.79. The van der Waals surface area contributed by atoms with Gasteiger partial charge >= 0.3 is 6.18 Å². The predicted molar refractivity (Wildman–Crippen MR) is 144 cm³/mol. The van der Waals surface area contributed by atoms with Crippen molar-refractivity contribution in [3.63, 3.8) is 0 Å². The Bertz CT molecular complexity index is 1830. The van der Waals surface area contributed by atoms with Crippen LogP contribution in [-0.2, 0) is 39.1 Å². The highest BCUT2D eigenvalue weighted by Gasteiger charge is 2.35. The largest absolute Gasteiger partial charge is 0.529 e. The Hall–Kier alpha value is -5.72. The first kappa shape index (κ1) is 32.2. The van der Waals surface area contributed by atoms with Gasteiger partial charge in [-0.05, 0) is 60.5 Å². The summed E-state index contributed by atoms with van der Waals surface area (Å²) in [6.07, 6.45) is -7.07. The van der Waals surface area contributed by atoms with Crippen LogP contribution in [0.15, 0.2) is 77.7 Å². The van der Waals surface area contributed by atoms with Gasteiger partial charge in [0, 0.05) is 5.56 Å². The Morgan fingerprint density at radius 1 is 0.911 bits per heavy atom. The first-order valence-corrected chi connectivity index (χ1v) is 13.8. The number of hydrogen-bond acceptors (Lipinski definition) is 11. The fourth-order valence-electron chi connectivity index (χ4n) is 4.13. The molecule has 1 heterocycles. The van der Waals surface area contributed by atoms with Crippen molar-refractivity contribution in [2.24, 2.45) is 0 Å². The summed E-state index contributed by atoms with van der Waals surface area (Å²) in [5.74, 6) is 0. The molecule has 3 aromatic carbocycles. The number of aromatic nitrogens is 2. The highest BCUT2D eigenvalue weighted by molar-refractivity contribution is 7.93. The number of carboxylic acid groups (broad SMARTS) is 1. The summed E-state index contributed by atoms with van der Waals surface area (Å²) in [5.41, 5.74) is -0.894. The number of carbonyl (C=O) groups is 1. The van der Waals surface area contributed by atoms with Crippen molar-refractivity contribution in [1.29, 1.82) is 0 Å². The minimum absolute atomic E-state index is 0.00170. The zero-order chi connectivity index (χ0) is 33.1. The number of anilines is 1. The summed E-state index contributed by atoms with van der Waals surface area (Å²) in [5, 5.41) is 34.7. The molecule has 0 unspecified atom stereocenters. The van der Waals surface area contributed by atoms with Gasteiger partial charge in [0.25, 0.3) is 20.2 Å². The number of aryl methyl sites for hydroxylation is 1. The smallest absolute Gasteiger partial charge is 0.435 e.